The van der Waals surface area contributed by atoms with Crippen molar-refractivity contribution in [3.63, 3.8) is 0 Å². The lowest BCUT2D eigenvalue weighted by atomic mass is 10.0. The number of carbonyl (C=O) groups excluding carboxylic acids is 1. The van der Waals surface area contributed by atoms with Crippen molar-refractivity contribution < 1.29 is 38.0 Å². The third-order valence-electron chi connectivity index (χ3n) is 8.89. The molecule has 0 bridgehead atoms. The number of unbranched alkanes of at least 4 members (excludes halogenated alkanes) is 15. The zero-order chi connectivity index (χ0) is 36.6. The van der Waals surface area contributed by atoms with Crippen LogP contribution in [0.3, 0.4) is 0 Å². The molecule has 0 aliphatic carbocycles. The molecule has 0 N–H and O–H groups in total. The molecular weight excluding hydrogens is 660 g/mol. The van der Waals surface area contributed by atoms with Crippen molar-refractivity contribution in [1.82, 2.24) is 0 Å². The van der Waals surface area contributed by atoms with Crippen LogP contribution < -0.4 is 4.74 Å². The van der Waals surface area contributed by atoms with E-state index in [0.717, 1.165) is 12.8 Å². The van der Waals surface area contributed by atoms with E-state index in [0.29, 0.717) is 95.4 Å². The van der Waals surface area contributed by atoms with Gasteiger partial charge >= 0.3 is 5.97 Å². The smallest absolute Gasteiger partial charge is 0.338 e. The summed E-state index contributed by atoms with van der Waals surface area (Å²) in [5, 5.41) is 8.63. The molecule has 1 atom stereocenters. The molecule has 10 nitrogen and oxygen atoms in total. The number of benzene rings is 2. The van der Waals surface area contributed by atoms with Crippen LogP contribution in [0.2, 0.25) is 0 Å². The van der Waals surface area contributed by atoms with Gasteiger partial charge in [0.15, 0.2) is 0 Å². The maximum absolute atomic E-state index is 12.5. The number of carbonyl (C=O) groups is 1. The predicted octanol–water partition coefficient (Wildman–Crippen LogP) is 10.4. The van der Waals surface area contributed by atoms with E-state index < -0.39 is 0 Å². The standard InChI is InChI=1S/C42H66N2O8/c1-2-3-4-5-6-7-8-9-10-11-12-13-14-15-16-17-26-51-42(45)37-18-20-38(21-19-37)43-44-39-22-24-40(25-23-39)52-36-41-35-49-32-31-47-28-27-46-29-30-48-33-34-50-41/h18-25,41H,2-17,26-36H2,1H3. The van der Waals surface area contributed by atoms with Gasteiger partial charge in [-0.25, -0.2) is 4.79 Å². The number of azo groups is 1. The van der Waals surface area contributed by atoms with Gasteiger partial charge in [0.25, 0.3) is 0 Å². The Kier molecular flexibility index (Phi) is 25.6. The second kappa shape index (κ2) is 30.6. The molecular formula is C42H66N2O8. The quantitative estimate of drug-likeness (QED) is 0.0633. The van der Waals surface area contributed by atoms with Gasteiger partial charge in [0.2, 0.25) is 0 Å². The predicted molar refractivity (Wildman–Crippen MR) is 205 cm³/mol. The van der Waals surface area contributed by atoms with Gasteiger partial charge < -0.3 is 33.2 Å². The zero-order valence-corrected chi connectivity index (χ0v) is 31.9. The van der Waals surface area contributed by atoms with Gasteiger partial charge in [0, 0.05) is 0 Å². The van der Waals surface area contributed by atoms with Gasteiger partial charge in [-0.1, -0.05) is 103 Å². The molecule has 0 saturated carbocycles. The summed E-state index contributed by atoms with van der Waals surface area (Å²) in [4.78, 5) is 12.5. The van der Waals surface area contributed by atoms with Crippen LogP contribution >= 0.6 is 0 Å². The van der Waals surface area contributed by atoms with Gasteiger partial charge in [-0.05, 0) is 55.0 Å². The Morgan fingerprint density at radius 1 is 0.577 bits per heavy atom. The lowest BCUT2D eigenvalue weighted by Gasteiger charge is -2.19. The summed E-state index contributed by atoms with van der Waals surface area (Å²) in [5.74, 6) is 0.393. The molecule has 1 unspecified atom stereocenters. The van der Waals surface area contributed by atoms with E-state index in [1.165, 1.54) is 89.9 Å². The molecule has 292 valence electrons. The van der Waals surface area contributed by atoms with Crippen molar-refractivity contribution in [1.29, 1.82) is 0 Å². The van der Waals surface area contributed by atoms with Crippen LogP contribution in [-0.2, 0) is 28.4 Å². The number of esters is 1. The molecule has 1 aliphatic heterocycles. The van der Waals surface area contributed by atoms with E-state index in [1.54, 1.807) is 24.3 Å². The van der Waals surface area contributed by atoms with Crippen LogP contribution in [0.15, 0.2) is 58.8 Å². The Morgan fingerprint density at radius 2 is 1.02 bits per heavy atom. The number of hydrogen-bond acceptors (Lipinski definition) is 10. The SMILES string of the molecule is CCCCCCCCCCCCCCCCCCOC(=O)c1ccc(N=Nc2ccc(OCC3COCCOCCOCCOCCO3)cc2)cc1. The molecule has 0 radical (unpaired) electrons. The van der Waals surface area contributed by atoms with Crippen molar-refractivity contribution in [2.75, 3.05) is 72.7 Å². The molecule has 52 heavy (non-hydrogen) atoms. The third kappa shape index (κ3) is 22.2. The van der Waals surface area contributed by atoms with E-state index >= 15 is 0 Å². The first kappa shape index (κ1) is 43.5. The van der Waals surface area contributed by atoms with E-state index in [4.69, 9.17) is 33.2 Å². The number of rotatable bonds is 23. The number of nitrogens with zero attached hydrogens (tertiary/aromatic N) is 2. The van der Waals surface area contributed by atoms with Gasteiger partial charge in [-0.15, -0.1) is 0 Å². The fourth-order valence-corrected chi connectivity index (χ4v) is 5.77. The Hall–Kier alpha value is -2.89. The average Bonchev–Trinajstić information content (AvgIpc) is 3.18. The van der Waals surface area contributed by atoms with Crippen molar-refractivity contribution in [3.8, 4) is 5.75 Å². The van der Waals surface area contributed by atoms with E-state index in [9.17, 15) is 4.79 Å². The van der Waals surface area contributed by atoms with Crippen LogP contribution in [0.5, 0.6) is 5.75 Å². The summed E-state index contributed by atoms with van der Waals surface area (Å²) in [6.07, 6.45) is 20.9. The Morgan fingerprint density at radius 3 is 1.54 bits per heavy atom. The summed E-state index contributed by atoms with van der Waals surface area (Å²) in [7, 11) is 0. The van der Waals surface area contributed by atoms with Crippen LogP contribution in [-0.4, -0.2) is 84.7 Å². The molecule has 1 fully saturated rings. The second-order valence-electron chi connectivity index (χ2n) is 13.4. The first-order chi connectivity index (χ1) is 25.7. The molecule has 10 heteroatoms. The fraction of sp³-hybridized carbons (Fsp3) is 0.690. The van der Waals surface area contributed by atoms with E-state index in [1.807, 2.05) is 24.3 Å². The first-order valence-corrected chi connectivity index (χ1v) is 20.1. The zero-order valence-electron chi connectivity index (χ0n) is 31.9. The first-order valence-electron chi connectivity index (χ1n) is 20.1. The van der Waals surface area contributed by atoms with Gasteiger partial charge in [0.1, 0.15) is 18.5 Å². The lowest BCUT2D eigenvalue weighted by Crippen LogP contribution is -2.29. The molecule has 0 aromatic heterocycles. The van der Waals surface area contributed by atoms with E-state index in [-0.39, 0.29) is 12.1 Å². The highest BCUT2D eigenvalue weighted by molar-refractivity contribution is 5.89. The minimum atomic E-state index is -0.299. The second-order valence-corrected chi connectivity index (χ2v) is 13.4. The highest BCUT2D eigenvalue weighted by atomic mass is 16.6. The summed E-state index contributed by atoms with van der Waals surface area (Å²) < 4.78 is 39.6. The normalized spacial score (nSPS) is 16.7. The van der Waals surface area contributed by atoms with Gasteiger partial charge in [-0.3, -0.25) is 0 Å². The Labute approximate surface area is 313 Å². The van der Waals surface area contributed by atoms with Crippen molar-refractivity contribution in [2.45, 2.75) is 116 Å². The lowest BCUT2D eigenvalue weighted by molar-refractivity contribution is -0.0606. The van der Waals surface area contributed by atoms with Crippen LogP contribution in [0.1, 0.15) is 120 Å². The molecule has 1 heterocycles. The molecule has 1 aliphatic rings. The molecule has 3 rings (SSSR count). The van der Waals surface area contributed by atoms with Crippen molar-refractivity contribution in [3.05, 3.63) is 54.1 Å². The van der Waals surface area contributed by atoms with Crippen molar-refractivity contribution >= 4 is 17.3 Å². The minimum absolute atomic E-state index is 0.247. The largest absolute Gasteiger partial charge is 0.491 e. The highest BCUT2D eigenvalue weighted by Crippen LogP contribution is 2.22. The summed E-state index contributed by atoms with van der Waals surface area (Å²) >= 11 is 0. The molecule has 0 amide bonds. The average molecular weight is 727 g/mol. The summed E-state index contributed by atoms with van der Waals surface area (Å²) in [6.45, 7) is 7.47. The molecule has 2 aromatic rings. The maximum Gasteiger partial charge on any atom is 0.338 e. The van der Waals surface area contributed by atoms with Gasteiger partial charge in [0.05, 0.1) is 83.0 Å². The van der Waals surface area contributed by atoms with E-state index in [2.05, 4.69) is 17.2 Å². The van der Waals surface area contributed by atoms with Crippen LogP contribution in [0, 0.1) is 0 Å². The molecule has 0 spiro atoms. The third-order valence-corrected chi connectivity index (χ3v) is 8.89. The molecule has 1 saturated heterocycles. The fourth-order valence-electron chi connectivity index (χ4n) is 5.77. The molecule has 2 aromatic carbocycles. The van der Waals surface area contributed by atoms with Crippen LogP contribution in [0.25, 0.3) is 0 Å². The number of ether oxygens (including phenoxy) is 7. The Balaban J connectivity index is 1.23. The minimum Gasteiger partial charge on any atom is -0.491 e. The monoisotopic (exact) mass is 726 g/mol. The summed E-state index contributed by atoms with van der Waals surface area (Å²) in [5.41, 5.74) is 1.85. The Bertz CT molecular complexity index is 1150. The highest BCUT2D eigenvalue weighted by Gasteiger charge is 2.12. The number of hydrogen-bond donors (Lipinski definition) is 0. The van der Waals surface area contributed by atoms with Gasteiger partial charge in [-0.2, -0.15) is 10.2 Å². The summed E-state index contributed by atoms with van der Waals surface area (Å²) in [6, 6.07) is 14.4. The topological polar surface area (TPSA) is 106 Å². The maximum atomic E-state index is 12.5. The van der Waals surface area contributed by atoms with Crippen molar-refractivity contribution in [2.24, 2.45) is 10.2 Å². The van der Waals surface area contributed by atoms with Crippen LogP contribution in [0.4, 0.5) is 11.4 Å².